The van der Waals surface area contributed by atoms with Crippen LogP contribution in [0.2, 0.25) is 5.02 Å². The molecule has 1 fully saturated rings. The maximum atomic E-state index is 11.9. The Kier molecular flexibility index (Phi) is 9.80. The molecule has 0 radical (unpaired) electrons. The number of esters is 4. The fraction of sp³-hybridized carbons (Fsp3) is 0.524. The van der Waals surface area contributed by atoms with Crippen LogP contribution in [0.15, 0.2) is 29.2 Å². The summed E-state index contributed by atoms with van der Waals surface area (Å²) in [5, 5.41) is 0.544. The van der Waals surface area contributed by atoms with Crippen molar-refractivity contribution < 1.29 is 42.9 Å². The van der Waals surface area contributed by atoms with Gasteiger partial charge >= 0.3 is 23.9 Å². The third-order valence-electron chi connectivity index (χ3n) is 4.40. The lowest BCUT2D eigenvalue weighted by Crippen LogP contribution is -2.58. The highest BCUT2D eigenvalue weighted by Crippen LogP contribution is 2.39. The maximum absolute atomic E-state index is 11.9. The standard InChI is InChI=1S/C21H25ClO9S/c1-11(23)27-9-17-18(10-28-12(2)24)31-21(32-16-7-5-15(22)6-8-16)20(30-14(4)26)19(17)29-13(3)25/h5-8,17-21H,9-10H2,1-4H3/t17-,18-,19+,20+,21-/m1/s1. The van der Waals surface area contributed by atoms with Crippen molar-refractivity contribution in [3.05, 3.63) is 29.3 Å². The average Bonchev–Trinajstić information content (AvgIpc) is 2.69. The zero-order chi connectivity index (χ0) is 23.8. The minimum Gasteiger partial charge on any atom is -0.465 e. The predicted molar refractivity (Wildman–Crippen MR) is 114 cm³/mol. The molecule has 0 aromatic heterocycles. The van der Waals surface area contributed by atoms with Crippen LogP contribution in [-0.4, -0.2) is 60.8 Å². The largest absolute Gasteiger partial charge is 0.465 e. The molecule has 0 N–H and O–H groups in total. The zero-order valence-electron chi connectivity index (χ0n) is 18.1. The van der Waals surface area contributed by atoms with Gasteiger partial charge in [0.15, 0.2) is 12.2 Å². The van der Waals surface area contributed by atoms with E-state index in [1.165, 1.54) is 39.5 Å². The lowest BCUT2D eigenvalue weighted by atomic mass is 9.90. The summed E-state index contributed by atoms with van der Waals surface area (Å²) in [7, 11) is 0. The lowest BCUT2D eigenvalue weighted by Gasteiger charge is -2.44. The molecule has 0 saturated carbocycles. The highest BCUT2D eigenvalue weighted by atomic mass is 35.5. The molecule has 1 aromatic carbocycles. The number of carbonyl (C=O) groups is 4. The first-order valence-corrected chi connectivity index (χ1v) is 11.0. The van der Waals surface area contributed by atoms with E-state index in [9.17, 15) is 19.2 Å². The van der Waals surface area contributed by atoms with E-state index in [2.05, 4.69) is 0 Å². The molecule has 32 heavy (non-hydrogen) atoms. The van der Waals surface area contributed by atoms with Crippen molar-refractivity contribution in [2.75, 3.05) is 13.2 Å². The van der Waals surface area contributed by atoms with E-state index in [4.69, 9.17) is 35.3 Å². The number of ether oxygens (including phenoxy) is 5. The summed E-state index contributed by atoms with van der Waals surface area (Å²) in [6.07, 6.45) is -2.85. The summed E-state index contributed by atoms with van der Waals surface area (Å²) in [5.74, 6) is -3.08. The number of benzene rings is 1. The molecule has 11 heteroatoms. The number of halogens is 1. The number of rotatable bonds is 8. The minimum atomic E-state index is -1.02. The van der Waals surface area contributed by atoms with E-state index in [1.54, 1.807) is 24.3 Å². The fourth-order valence-electron chi connectivity index (χ4n) is 3.14. The second kappa shape index (κ2) is 12.1. The third-order valence-corrected chi connectivity index (χ3v) is 5.81. The minimum absolute atomic E-state index is 0.177. The molecule has 1 aromatic rings. The first kappa shape index (κ1) is 26.0. The SMILES string of the molecule is CC(=O)OC[C@H]1[C@H](OC(C)=O)[C@H](OC(C)=O)[C@@H](Sc2ccc(Cl)cc2)O[C@@H]1COC(C)=O. The molecule has 2 rings (SSSR count). The second-order valence-electron chi connectivity index (χ2n) is 7.03. The van der Waals surface area contributed by atoms with Gasteiger partial charge in [-0.05, 0) is 24.3 Å². The number of thioether (sulfide) groups is 1. The Morgan fingerprint density at radius 1 is 0.844 bits per heavy atom. The fourth-order valence-corrected chi connectivity index (χ4v) is 4.37. The summed E-state index contributed by atoms with van der Waals surface area (Å²) >= 11 is 7.17. The van der Waals surface area contributed by atoms with E-state index in [-0.39, 0.29) is 13.2 Å². The van der Waals surface area contributed by atoms with Gasteiger partial charge in [-0.25, -0.2) is 0 Å². The van der Waals surface area contributed by atoms with E-state index in [1.807, 2.05) is 0 Å². The summed E-state index contributed by atoms with van der Waals surface area (Å²) in [6, 6.07) is 6.90. The van der Waals surface area contributed by atoms with Crippen LogP contribution in [0.25, 0.3) is 0 Å². The van der Waals surface area contributed by atoms with Crippen molar-refractivity contribution in [1.82, 2.24) is 0 Å². The molecule has 5 atom stereocenters. The van der Waals surface area contributed by atoms with E-state index < -0.39 is 53.5 Å². The molecule has 176 valence electrons. The van der Waals surface area contributed by atoms with Gasteiger partial charge in [-0.1, -0.05) is 23.4 Å². The van der Waals surface area contributed by atoms with Gasteiger partial charge in [0.05, 0.1) is 5.92 Å². The van der Waals surface area contributed by atoms with Gasteiger partial charge < -0.3 is 23.7 Å². The van der Waals surface area contributed by atoms with E-state index in [0.717, 1.165) is 4.90 Å². The van der Waals surface area contributed by atoms with Crippen molar-refractivity contribution in [2.24, 2.45) is 5.92 Å². The first-order chi connectivity index (χ1) is 15.1. The van der Waals surface area contributed by atoms with Crippen molar-refractivity contribution in [3.63, 3.8) is 0 Å². The van der Waals surface area contributed by atoms with Gasteiger partial charge in [-0.2, -0.15) is 0 Å². The van der Waals surface area contributed by atoms with Gasteiger partial charge in [-0.15, -0.1) is 0 Å². The average molecular weight is 489 g/mol. The Balaban J connectivity index is 2.41. The number of hydrogen-bond acceptors (Lipinski definition) is 10. The van der Waals surface area contributed by atoms with Crippen LogP contribution in [-0.2, 0) is 42.9 Å². The molecule has 0 bridgehead atoms. The van der Waals surface area contributed by atoms with Crippen LogP contribution in [0.1, 0.15) is 27.7 Å². The van der Waals surface area contributed by atoms with Crippen LogP contribution in [0.4, 0.5) is 0 Å². The Hall–Kier alpha value is -2.30. The first-order valence-electron chi connectivity index (χ1n) is 9.75. The van der Waals surface area contributed by atoms with Crippen LogP contribution < -0.4 is 0 Å². The smallest absolute Gasteiger partial charge is 0.303 e. The number of carbonyl (C=O) groups excluding carboxylic acids is 4. The molecule has 1 aliphatic rings. The van der Waals surface area contributed by atoms with Crippen LogP contribution in [0, 0.1) is 5.92 Å². The molecule has 1 heterocycles. The molecule has 0 spiro atoms. The quantitative estimate of drug-likeness (QED) is 0.399. The Bertz CT molecular complexity index is 829. The van der Waals surface area contributed by atoms with E-state index in [0.29, 0.717) is 5.02 Å². The van der Waals surface area contributed by atoms with Crippen LogP contribution in [0.3, 0.4) is 0 Å². The van der Waals surface area contributed by atoms with Crippen molar-refractivity contribution in [2.45, 2.75) is 56.3 Å². The molecule has 0 unspecified atom stereocenters. The van der Waals surface area contributed by atoms with Gasteiger partial charge in [0.1, 0.15) is 24.8 Å². The van der Waals surface area contributed by atoms with Crippen LogP contribution in [0.5, 0.6) is 0 Å². The summed E-state index contributed by atoms with van der Waals surface area (Å²) < 4.78 is 27.4. The molecule has 9 nitrogen and oxygen atoms in total. The lowest BCUT2D eigenvalue weighted by molar-refractivity contribution is -0.221. The van der Waals surface area contributed by atoms with E-state index >= 15 is 0 Å². The zero-order valence-corrected chi connectivity index (χ0v) is 19.6. The molecule has 1 aliphatic heterocycles. The van der Waals surface area contributed by atoms with Crippen molar-refractivity contribution in [1.29, 1.82) is 0 Å². The highest BCUT2D eigenvalue weighted by Gasteiger charge is 2.51. The summed E-state index contributed by atoms with van der Waals surface area (Å²) in [4.78, 5) is 47.3. The predicted octanol–water partition coefficient (Wildman–Crippen LogP) is 2.76. The summed E-state index contributed by atoms with van der Waals surface area (Å²) in [6.45, 7) is 4.54. The second-order valence-corrected chi connectivity index (χ2v) is 8.64. The molecule has 1 saturated heterocycles. The molecule has 0 aliphatic carbocycles. The van der Waals surface area contributed by atoms with Gasteiger partial charge in [-0.3, -0.25) is 19.2 Å². The van der Waals surface area contributed by atoms with Gasteiger partial charge in [0, 0.05) is 37.6 Å². The Morgan fingerprint density at radius 2 is 1.38 bits per heavy atom. The Labute approximate surface area is 195 Å². The summed E-state index contributed by atoms with van der Waals surface area (Å²) in [5.41, 5.74) is -0.821. The van der Waals surface area contributed by atoms with Gasteiger partial charge in [0.2, 0.25) is 0 Å². The Morgan fingerprint density at radius 3 is 1.91 bits per heavy atom. The maximum Gasteiger partial charge on any atom is 0.303 e. The van der Waals surface area contributed by atoms with Crippen LogP contribution >= 0.6 is 23.4 Å². The monoisotopic (exact) mass is 488 g/mol. The normalized spacial score (nSPS) is 24.8. The molecule has 0 amide bonds. The third kappa shape index (κ3) is 7.99. The van der Waals surface area contributed by atoms with Crippen molar-refractivity contribution >= 4 is 47.2 Å². The molecular weight excluding hydrogens is 464 g/mol. The highest BCUT2D eigenvalue weighted by molar-refractivity contribution is 7.99. The van der Waals surface area contributed by atoms with Crippen molar-refractivity contribution in [3.8, 4) is 0 Å². The molecular formula is C21H25ClO9S. The number of hydrogen-bond donors (Lipinski definition) is 0. The van der Waals surface area contributed by atoms with Gasteiger partial charge in [0.25, 0.3) is 0 Å². The topological polar surface area (TPSA) is 114 Å².